The van der Waals surface area contributed by atoms with E-state index < -0.39 is 6.04 Å². The highest BCUT2D eigenvalue weighted by atomic mass is 35.5. The quantitative estimate of drug-likeness (QED) is 0.567. The summed E-state index contributed by atoms with van der Waals surface area (Å²) in [6, 6.07) is 19.2. The summed E-state index contributed by atoms with van der Waals surface area (Å²) < 4.78 is 6.88. The lowest BCUT2D eigenvalue weighted by atomic mass is 9.96. The molecule has 1 saturated heterocycles. The standard InChI is InChI=1S/C26H30ClN3O3/c1-19-17-23(31)24(26(32)30(19)15-16-33-2)25(20-7-6-8-21(27)18-20)29-13-11-28(12-14-29)22-9-4-3-5-10-22/h3-10,17-18,25,31H,11-16H2,1-2H3. The highest BCUT2D eigenvalue weighted by molar-refractivity contribution is 6.30. The van der Waals surface area contributed by atoms with Gasteiger partial charge >= 0.3 is 0 Å². The van der Waals surface area contributed by atoms with Gasteiger partial charge in [-0.1, -0.05) is 41.9 Å². The van der Waals surface area contributed by atoms with Gasteiger partial charge in [0.25, 0.3) is 5.56 Å². The van der Waals surface area contributed by atoms with Gasteiger partial charge in [-0.25, -0.2) is 0 Å². The summed E-state index contributed by atoms with van der Waals surface area (Å²) in [5.74, 6) is 0.0154. The lowest BCUT2D eigenvalue weighted by Gasteiger charge is -2.40. The van der Waals surface area contributed by atoms with Crippen molar-refractivity contribution in [3.05, 3.63) is 92.9 Å². The smallest absolute Gasteiger partial charge is 0.259 e. The third kappa shape index (κ3) is 5.08. The fourth-order valence-corrected chi connectivity index (χ4v) is 4.80. The first-order valence-corrected chi connectivity index (χ1v) is 11.6. The number of piperazine rings is 1. The van der Waals surface area contributed by atoms with Crippen LogP contribution in [0.3, 0.4) is 0 Å². The molecule has 2 heterocycles. The van der Waals surface area contributed by atoms with Crippen LogP contribution in [0.5, 0.6) is 5.75 Å². The van der Waals surface area contributed by atoms with Gasteiger partial charge in [0.1, 0.15) is 5.75 Å². The molecule has 0 radical (unpaired) electrons. The number of hydrogen-bond donors (Lipinski definition) is 1. The third-order valence-electron chi connectivity index (χ3n) is 6.28. The van der Waals surface area contributed by atoms with Crippen molar-refractivity contribution in [2.75, 3.05) is 44.8 Å². The van der Waals surface area contributed by atoms with Crippen molar-refractivity contribution >= 4 is 17.3 Å². The number of nitrogens with zero attached hydrogens (tertiary/aromatic N) is 3. The van der Waals surface area contributed by atoms with Crippen LogP contribution in [0.2, 0.25) is 5.02 Å². The van der Waals surface area contributed by atoms with Crippen LogP contribution in [0, 0.1) is 6.92 Å². The summed E-state index contributed by atoms with van der Waals surface area (Å²) >= 11 is 6.33. The second-order valence-corrected chi connectivity index (χ2v) is 8.79. The van der Waals surface area contributed by atoms with Crippen LogP contribution in [-0.2, 0) is 11.3 Å². The number of aromatic hydroxyl groups is 1. The van der Waals surface area contributed by atoms with E-state index in [2.05, 4.69) is 21.9 Å². The van der Waals surface area contributed by atoms with E-state index in [1.807, 2.05) is 49.4 Å². The molecule has 1 atom stereocenters. The highest BCUT2D eigenvalue weighted by Crippen LogP contribution is 2.34. The molecule has 1 N–H and O–H groups in total. The zero-order valence-corrected chi connectivity index (χ0v) is 19.8. The number of hydrogen-bond acceptors (Lipinski definition) is 5. The van der Waals surface area contributed by atoms with Crippen molar-refractivity contribution in [1.29, 1.82) is 0 Å². The van der Waals surface area contributed by atoms with Gasteiger partial charge in [0, 0.05) is 56.2 Å². The van der Waals surface area contributed by atoms with Gasteiger partial charge in [-0.2, -0.15) is 0 Å². The molecule has 1 aliphatic heterocycles. The van der Waals surface area contributed by atoms with Crippen LogP contribution >= 0.6 is 11.6 Å². The Morgan fingerprint density at radius 3 is 2.42 bits per heavy atom. The van der Waals surface area contributed by atoms with Crippen LogP contribution in [-0.4, -0.2) is 54.5 Å². The molecular formula is C26H30ClN3O3. The fourth-order valence-electron chi connectivity index (χ4n) is 4.60. The second-order valence-electron chi connectivity index (χ2n) is 8.35. The molecule has 0 aliphatic carbocycles. The molecule has 0 amide bonds. The van der Waals surface area contributed by atoms with Crippen molar-refractivity contribution in [2.45, 2.75) is 19.5 Å². The minimum atomic E-state index is -0.400. The number of ether oxygens (including phenoxy) is 1. The van der Waals surface area contributed by atoms with E-state index in [0.29, 0.717) is 29.4 Å². The summed E-state index contributed by atoms with van der Waals surface area (Å²) in [5, 5.41) is 11.6. The van der Waals surface area contributed by atoms with Crippen LogP contribution in [0.4, 0.5) is 5.69 Å². The normalized spacial score (nSPS) is 15.5. The Hall–Kier alpha value is -2.80. The number of pyridine rings is 1. The van der Waals surface area contributed by atoms with Crippen molar-refractivity contribution < 1.29 is 9.84 Å². The summed E-state index contributed by atoms with van der Waals surface area (Å²) in [7, 11) is 1.61. The average molecular weight is 468 g/mol. The maximum absolute atomic E-state index is 13.6. The zero-order chi connectivity index (χ0) is 23.4. The number of rotatable bonds is 7. The molecule has 3 aromatic rings. The SMILES string of the molecule is COCCn1c(C)cc(O)c(C(c2cccc(Cl)c2)N2CCN(c3ccccc3)CC2)c1=O. The van der Waals surface area contributed by atoms with E-state index in [-0.39, 0.29) is 11.3 Å². The van der Waals surface area contributed by atoms with E-state index in [0.717, 1.165) is 31.7 Å². The van der Waals surface area contributed by atoms with Gasteiger partial charge in [0.15, 0.2) is 0 Å². The molecule has 1 unspecified atom stereocenters. The minimum absolute atomic E-state index is 0.0154. The molecule has 7 heteroatoms. The number of aryl methyl sites for hydroxylation is 1. The largest absolute Gasteiger partial charge is 0.507 e. The van der Waals surface area contributed by atoms with E-state index >= 15 is 0 Å². The minimum Gasteiger partial charge on any atom is -0.507 e. The first-order chi connectivity index (χ1) is 16.0. The van der Waals surface area contributed by atoms with Gasteiger partial charge < -0.3 is 19.3 Å². The highest BCUT2D eigenvalue weighted by Gasteiger charge is 2.31. The molecule has 174 valence electrons. The Balaban J connectivity index is 1.73. The molecule has 2 aromatic carbocycles. The lowest BCUT2D eigenvalue weighted by molar-refractivity contribution is 0.183. The summed E-state index contributed by atoms with van der Waals surface area (Å²) in [5.41, 5.74) is 2.98. The molecular weight excluding hydrogens is 438 g/mol. The van der Waals surface area contributed by atoms with Crippen LogP contribution in [0.15, 0.2) is 65.5 Å². The van der Waals surface area contributed by atoms with E-state index in [9.17, 15) is 9.90 Å². The molecule has 0 bridgehead atoms. The van der Waals surface area contributed by atoms with Gasteiger partial charge in [-0.3, -0.25) is 9.69 Å². The maximum Gasteiger partial charge on any atom is 0.259 e. The Bertz CT molecular complexity index is 1140. The molecule has 0 saturated carbocycles. The predicted molar refractivity (Wildman–Crippen MR) is 133 cm³/mol. The first-order valence-electron chi connectivity index (χ1n) is 11.2. The van der Waals surface area contributed by atoms with Crippen LogP contribution in [0.1, 0.15) is 22.9 Å². The number of benzene rings is 2. The Kier molecular flexibility index (Phi) is 7.38. The Morgan fingerprint density at radius 2 is 1.76 bits per heavy atom. The van der Waals surface area contributed by atoms with Crippen molar-refractivity contribution in [2.24, 2.45) is 0 Å². The van der Waals surface area contributed by atoms with E-state index in [1.165, 1.54) is 5.69 Å². The summed E-state index contributed by atoms with van der Waals surface area (Å²) in [4.78, 5) is 18.2. The number of aromatic nitrogens is 1. The predicted octanol–water partition coefficient (Wildman–Crippen LogP) is 4.07. The summed E-state index contributed by atoms with van der Waals surface area (Å²) in [6.07, 6.45) is 0. The monoisotopic (exact) mass is 467 g/mol. The zero-order valence-electron chi connectivity index (χ0n) is 19.1. The number of methoxy groups -OCH3 is 1. The van der Waals surface area contributed by atoms with Gasteiger partial charge in [-0.15, -0.1) is 0 Å². The molecule has 1 aromatic heterocycles. The van der Waals surface area contributed by atoms with Crippen molar-refractivity contribution in [1.82, 2.24) is 9.47 Å². The van der Waals surface area contributed by atoms with E-state index in [1.54, 1.807) is 17.7 Å². The molecule has 33 heavy (non-hydrogen) atoms. The first kappa shape index (κ1) is 23.4. The van der Waals surface area contributed by atoms with Gasteiger partial charge in [0.05, 0.1) is 18.2 Å². The number of para-hydroxylation sites is 1. The van der Waals surface area contributed by atoms with Crippen LogP contribution in [0.25, 0.3) is 0 Å². The summed E-state index contributed by atoms with van der Waals surface area (Å²) in [6.45, 7) is 5.82. The maximum atomic E-state index is 13.6. The van der Waals surface area contributed by atoms with Crippen LogP contribution < -0.4 is 10.5 Å². The second kappa shape index (κ2) is 10.4. The van der Waals surface area contributed by atoms with Gasteiger partial charge in [0.2, 0.25) is 0 Å². The number of anilines is 1. The van der Waals surface area contributed by atoms with Gasteiger partial charge in [-0.05, 0) is 42.8 Å². The molecule has 1 aliphatic rings. The molecule has 1 fully saturated rings. The number of halogens is 1. The molecule has 0 spiro atoms. The Morgan fingerprint density at radius 1 is 1.03 bits per heavy atom. The Labute approximate surface area is 199 Å². The lowest BCUT2D eigenvalue weighted by Crippen LogP contribution is -2.49. The van der Waals surface area contributed by atoms with Crippen molar-refractivity contribution in [3.63, 3.8) is 0 Å². The average Bonchev–Trinajstić information content (AvgIpc) is 2.82. The topological polar surface area (TPSA) is 57.9 Å². The molecule has 6 nitrogen and oxygen atoms in total. The fraction of sp³-hybridized carbons (Fsp3) is 0.346. The molecule has 4 rings (SSSR count). The van der Waals surface area contributed by atoms with E-state index in [4.69, 9.17) is 16.3 Å². The van der Waals surface area contributed by atoms with Crippen molar-refractivity contribution in [3.8, 4) is 5.75 Å². The third-order valence-corrected chi connectivity index (χ3v) is 6.52.